The molecule has 2 aromatic carbocycles. The number of hydrogen-bond acceptors (Lipinski definition) is 8. The van der Waals surface area contributed by atoms with Crippen LogP contribution in [-0.2, 0) is 14.3 Å². The van der Waals surface area contributed by atoms with Gasteiger partial charge in [-0.3, -0.25) is 14.5 Å². The number of aliphatic hydroxyl groups excluding tert-OH is 1. The van der Waals surface area contributed by atoms with E-state index in [-0.39, 0.29) is 27.9 Å². The van der Waals surface area contributed by atoms with Crippen LogP contribution in [0.25, 0.3) is 5.76 Å². The quantitative estimate of drug-likeness (QED) is 0.157. The van der Waals surface area contributed by atoms with E-state index in [0.717, 1.165) is 17.8 Å². The first-order valence-electron chi connectivity index (χ1n) is 12.1. The van der Waals surface area contributed by atoms with Gasteiger partial charge in [-0.05, 0) is 68.7 Å². The predicted molar refractivity (Wildman–Crippen MR) is 146 cm³/mol. The first-order valence-corrected chi connectivity index (χ1v) is 13.3. The molecule has 38 heavy (non-hydrogen) atoms. The first-order chi connectivity index (χ1) is 18.2. The van der Waals surface area contributed by atoms with Crippen LogP contribution in [0.4, 0.5) is 5.13 Å². The molecule has 0 saturated carbocycles. The maximum Gasteiger partial charge on any atom is 0.350 e. The van der Waals surface area contributed by atoms with Gasteiger partial charge in [0.15, 0.2) is 5.13 Å². The van der Waals surface area contributed by atoms with Gasteiger partial charge in [0.25, 0.3) is 5.78 Å². The summed E-state index contributed by atoms with van der Waals surface area (Å²) in [7, 11) is 0. The highest BCUT2D eigenvalue weighted by molar-refractivity contribution is 7.17. The Morgan fingerprint density at radius 2 is 1.92 bits per heavy atom. The lowest BCUT2D eigenvalue weighted by atomic mass is 9.94. The van der Waals surface area contributed by atoms with E-state index in [1.54, 1.807) is 63.2 Å². The second-order valence-electron chi connectivity index (χ2n) is 8.68. The van der Waals surface area contributed by atoms with Crippen molar-refractivity contribution in [3.8, 4) is 5.75 Å². The largest absolute Gasteiger partial charge is 0.507 e. The van der Waals surface area contributed by atoms with E-state index in [0.29, 0.717) is 39.8 Å². The summed E-state index contributed by atoms with van der Waals surface area (Å²) in [4.78, 5) is 45.1. The fourth-order valence-electron chi connectivity index (χ4n) is 4.25. The second-order valence-corrected chi connectivity index (χ2v) is 10.1. The van der Waals surface area contributed by atoms with Crippen LogP contribution >= 0.6 is 22.9 Å². The number of hydrogen-bond donors (Lipinski definition) is 1. The summed E-state index contributed by atoms with van der Waals surface area (Å²) in [5, 5.41) is 12.0. The number of carbonyl (C=O) groups excluding carboxylic acids is 3. The summed E-state index contributed by atoms with van der Waals surface area (Å²) in [6, 6.07) is 10.8. The number of anilines is 1. The number of aryl methyl sites for hydroxylation is 2. The molecule has 1 saturated heterocycles. The number of aliphatic hydroxyl groups is 1. The summed E-state index contributed by atoms with van der Waals surface area (Å²) in [5.41, 5.74) is 1.83. The number of carbonyl (C=O) groups is 3. The lowest BCUT2D eigenvalue weighted by Crippen LogP contribution is -2.29. The number of aromatic nitrogens is 1. The van der Waals surface area contributed by atoms with E-state index < -0.39 is 23.7 Å². The monoisotopic (exact) mass is 554 g/mol. The molecule has 1 atom stereocenters. The van der Waals surface area contributed by atoms with Gasteiger partial charge in [-0.2, -0.15) is 0 Å². The van der Waals surface area contributed by atoms with Crippen molar-refractivity contribution in [2.75, 3.05) is 18.1 Å². The Hall–Kier alpha value is -3.69. The van der Waals surface area contributed by atoms with Gasteiger partial charge >= 0.3 is 11.9 Å². The Kier molecular flexibility index (Phi) is 8.18. The lowest BCUT2D eigenvalue weighted by Gasteiger charge is -2.23. The van der Waals surface area contributed by atoms with Crippen molar-refractivity contribution < 1.29 is 29.0 Å². The molecule has 8 nitrogen and oxygen atoms in total. The molecule has 4 rings (SSSR count). The molecule has 10 heteroatoms. The van der Waals surface area contributed by atoms with Crippen LogP contribution in [0, 0.1) is 13.8 Å². The van der Waals surface area contributed by atoms with Crippen molar-refractivity contribution in [2.45, 2.75) is 40.2 Å². The van der Waals surface area contributed by atoms with E-state index in [9.17, 15) is 19.5 Å². The Balaban J connectivity index is 1.88. The van der Waals surface area contributed by atoms with Gasteiger partial charge in [-0.1, -0.05) is 42.0 Å². The summed E-state index contributed by atoms with van der Waals surface area (Å²) in [6.45, 7) is 7.83. The minimum absolute atomic E-state index is 0.104. The SMILES string of the molecule is CCCOc1ccc(/C(O)=C2\C(=O)C(=O)N(c3nc(C)c(C(=O)OCC)s3)C2c2cccc(Cl)c2)c(C)c1. The smallest absolute Gasteiger partial charge is 0.350 e. The zero-order valence-corrected chi connectivity index (χ0v) is 23.0. The number of thiazole rings is 1. The minimum Gasteiger partial charge on any atom is -0.507 e. The van der Waals surface area contributed by atoms with E-state index in [1.807, 2.05) is 6.92 Å². The minimum atomic E-state index is -1.02. The zero-order chi connectivity index (χ0) is 27.6. The fourth-order valence-corrected chi connectivity index (χ4v) is 5.44. The third kappa shape index (κ3) is 5.16. The molecule has 1 aliphatic heterocycles. The van der Waals surface area contributed by atoms with Gasteiger partial charge in [0, 0.05) is 10.6 Å². The fraction of sp³-hybridized carbons (Fsp3) is 0.286. The molecule has 1 amide bonds. The maximum absolute atomic E-state index is 13.4. The molecule has 1 N–H and O–H groups in total. The van der Waals surface area contributed by atoms with Crippen LogP contribution in [0.3, 0.4) is 0 Å². The molecule has 3 aromatic rings. The van der Waals surface area contributed by atoms with E-state index >= 15 is 0 Å². The van der Waals surface area contributed by atoms with Crippen LogP contribution < -0.4 is 9.64 Å². The predicted octanol–water partition coefficient (Wildman–Crippen LogP) is 6.01. The van der Waals surface area contributed by atoms with Crippen molar-refractivity contribution in [3.63, 3.8) is 0 Å². The molecular formula is C28H27ClN2O6S. The van der Waals surface area contributed by atoms with Crippen molar-refractivity contribution in [1.29, 1.82) is 0 Å². The molecule has 2 heterocycles. The van der Waals surface area contributed by atoms with Gasteiger partial charge < -0.3 is 14.6 Å². The van der Waals surface area contributed by atoms with Crippen molar-refractivity contribution >= 4 is 51.5 Å². The molecule has 0 aliphatic carbocycles. The molecule has 1 fully saturated rings. The Morgan fingerprint density at radius 3 is 2.58 bits per heavy atom. The molecule has 1 aromatic heterocycles. The van der Waals surface area contributed by atoms with Crippen LogP contribution in [0.2, 0.25) is 5.02 Å². The summed E-state index contributed by atoms with van der Waals surface area (Å²) in [6.07, 6.45) is 0.845. The molecule has 198 valence electrons. The number of esters is 1. The third-order valence-electron chi connectivity index (χ3n) is 5.99. The number of benzene rings is 2. The number of amides is 1. The normalized spacial score (nSPS) is 16.7. The number of ether oxygens (including phenoxy) is 2. The van der Waals surface area contributed by atoms with Crippen molar-refractivity contribution in [2.24, 2.45) is 0 Å². The van der Waals surface area contributed by atoms with Crippen LogP contribution in [0.1, 0.15) is 58.4 Å². The Bertz CT molecular complexity index is 1450. The van der Waals surface area contributed by atoms with Crippen molar-refractivity contribution in [1.82, 2.24) is 4.98 Å². The van der Waals surface area contributed by atoms with E-state index in [4.69, 9.17) is 21.1 Å². The van der Waals surface area contributed by atoms with E-state index in [1.165, 1.54) is 4.90 Å². The third-order valence-corrected chi connectivity index (χ3v) is 7.36. The highest BCUT2D eigenvalue weighted by Crippen LogP contribution is 2.44. The summed E-state index contributed by atoms with van der Waals surface area (Å²) in [5.74, 6) is -2.00. The maximum atomic E-state index is 13.4. The molecule has 0 bridgehead atoms. The highest BCUT2D eigenvalue weighted by atomic mass is 35.5. The highest BCUT2D eigenvalue weighted by Gasteiger charge is 2.48. The van der Waals surface area contributed by atoms with Crippen molar-refractivity contribution in [3.05, 3.63) is 80.3 Å². The topological polar surface area (TPSA) is 106 Å². The lowest BCUT2D eigenvalue weighted by molar-refractivity contribution is -0.132. The molecular weight excluding hydrogens is 528 g/mol. The number of ketones is 1. The number of Topliss-reactive ketones (excluding diaryl/α,β-unsaturated/α-hetero) is 1. The molecule has 0 radical (unpaired) electrons. The van der Waals surface area contributed by atoms with Crippen LogP contribution in [0.15, 0.2) is 48.0 Å². The average Bonchev–Trinajstić information content (AvgIpc) is 3.39. The number of rotatable bonds is 8. The standard InChI is InChI=1S/C28H27ClN2O6S/c1-5-12-37-19-10-11-20(15(3)13-19)23(32)21-22(17-8-7-9-18(29)14-17)31(26(34)24(21)33)28-30-16(4)25(38-28)27(35)36-6-2/h7-11,13-14,22,32H,5-6,12H2,1-4H3/b23-21+. The number of nitrogens with zero attached hydrogens (tertiary/aromatic N) is 2. The van der Waals surface area contributed by atoms with Crippen LogP contribution in [-0.4, -0.2) is 41.0 Å². The van der Waals surface area contributed by atoms with Crippen LogP contribution in [0.5, 0.6) is 5.75 Å². The van der Waals surface area contributed by atoms with Gasteiger partial charge in [0.2, 0.25) is 0 Å². The summed E-state index contributed by atoms with van der Waals surface area (Å²) >= 11 is 7.22. The van der Waals surface area contributed by atoms with Gasteiger partial charge in [-0.15, -0.1) is 0 Å². The van der Waals surface area contributed by atoms with Gasteiger partial charge in [0.05, 0.1) is 30.5 Å². The Labute approximate surface area is 229 Å². The summed E-state index contributed by atoms with van der Waals surface area (Å²) < 4.78 is 10.8. The number of halogens is 1. The molecule has 1 aliphatic rings. The molecule has 1 unspecified atom stereocenters. The Morgan fingerprint density at radius 1 is 1.16 bits per heavy atom. The molecule has 0 spiro atoms. The van der Waals surface area contributed by atoms with Gasteiger partial charge in [-0.25, -0.2) is 9.78 Å². The zero-order valence-electron chi connectivity index (χ0n) is 21.4. The average molecular weight is 555 g/mol. The van der Waals surface area contributed by atoms with Gasteiger partial charge in [0.1, 0.15) is 16.4 Å². The van der Waals surface area contributed by atoms with E-state index in [2.05, 4.69) is 4.98 Å². The first kappa shape index (κ1) is 27.3. The second kappa shape index (κ2) is 11.4.